The van der Waals surface area contributed by atoms with Crippen molar-refractivity contribution >= 4 is 45.4 Å². The van der Waals surface area contributed by atoms with Gasteiger partial charge < -0.3 is 9.47 Å². The number of nitrogens with one attached hydrogen (secondary N) is 1. The molecule has 0 atom stereocenters. The molecule has 2 heterocycles. The number of hydrogen-bond acceptors (Lipinski definition) is 8. The third kappa shape index (κ3) is 6.50. The number of methoxy groups -OCH3 is 1. The van der Waals surface area contributed by atoms with Crippen molar-refractivity contribution in [1.82, 2.24) is 15.0 Å². The van der Waals surface area contributed by atoms with E-state index in [9.17, 15) is 9.59 Å². The molecule has 0 bridgehead atoms. The Hall–Kier alpha value is -4.41. The molecule has 218 valence electrons. The first-order chi connectivity index (χ1) is 21.1. The zero-order valence-corrected chi connectivity index (χ0v) is 25.2. The van der Waals surface area contributed by atoms with Gasteiger partial charge in [0.25, 0.3) is 11.5 Å². The van der Waals surface area contributed by atoms with Gasteiger partial charge in [0.15, 0.2) is 16.7 Å². The molecular formula is C33H30N4O4S2. The van der Waals surface area contributed by atoms with Gasteiger partial charge in [-0.3, -0.25) is 14.2 Å². The van der Waals surface area contributed by atoms with Gasteiger partial charge in [0, 0.05) is 4.88 Å². The van der Waals surface area contributed by atoms with Crippen LogP contribution < -0.4 is 20.5 Å². The van der Waals surface area contributed by atoms with E-state index in [0.717, 1.165) is 52.9 Å². The molecule has 5 aromatic rings. The summed E-state index contributed by atoms with van der Waals surface area (Å²) in [4.78, 5) is 33.5. The van der Waals surface area contributed by atoms with Crippen LogP contribution in [0.1, 0.15) is 34.4 Å². The van der Waals surface area contributed by atoms with Gasteiger partial charge in [0.2, 0.25) is 0 Å². The minimum atomic E-state index is -0.310. The van der Waals surface area contributed by atoms with E-state index in [1.54, 1.807) is 35.3 Å². The third-order valence-electron chi connectivity index (χ3n) is 7.13. The predicted molar refractivity (Wildman–Crippen MR) is 172 cm³/mol. The van der Waals surface area contributed by atoms with Crippen molar-refractivity contribution < 1.29 is 14.3 Å². The molecule has 0 saturated carbocycles. The number of para-hydroxylation sites is 1. The van der Waals surface area contributed by atoms with Crippen LogP contribution in [0, 0.1) is 0 Å². The number of carbonyl (C=O) groups is 1. The Morgan fingerprint density at radius 3 is 2.60 bits per heavy atom. The number of thiophene rings is 1. The van der Waals surface area contributed by atoms with Gasteiger partial charge in [-0.05, 0) is 72.7 Å². The van der Waals surface area contributed by atoms with Crippen molar-refractivity contribution in [2.45, 2.75) is 37.4 Å². The summed E-state index contributed by atoms with van der Waals surface area (Å²) in [7, 11) is 1.58. The fraction of sp³-hybridized carbons (Fsp3) is 0.212. The van der Waals surface area contributed by atoms with Crippen LogP contribution in [0.3, 0.4) is 0 Å². The fourth-order valence-corrected chi connectivity index (χ4v) is 7.16. The first-order valence-electron chi connectivity index (χ1n) is 14.0. The Kier molecular flexibility index (Phi) is 8.85. The van der Waals surface area contributed by atoms with Crippen LogP contribution in [0.2, 0.25) is 0 Å². The summed E-state index contributed by atoms with van der Waals surface area (Å²) in [5, 5.41) is 5.32. The fourth-order valence-electron chi connectivity index (χ4n) is 5.05. The highest BCUT2D eigenvalue weighted by Gasteiger charge is 2.23. The van der Waals surface area contributed by atoms with E-state index in [1.807, 2.05) is 72.8 Å². The third-order valence-corrected chi connectivity index (χ3v) is 9.26. The van der Waals surface area contributed by atoms with Crippen LogP contribution in [-0.4, -0.2) is 34.5 Å². The largest absolute Gasteiger partial charge is 0.493 e. The van der Waals surface area contributed by atoms with E-state index in [1.165, 1.54) is 16.6 Å². The second-order valence-corrected chi connectivity index (χ2v) is 12.1. The molecular weight excluding hydrogens is 581 g/mol. The Labute approximate surface area is 257 Å². The second-order valence-electron chi connectivity index (χ2n) is 10.0. The van der Waals surface area contributed by atoms with Crippen LogP contribution in [0.4, 0.5) is 0 Å². The lowest BCUT2D eigenvalue weighted by Gasteiger charge is -2.13. The molecule has 0 fully saturated rings. The molecule has 8 nitrogen and oxygen atoms in total. The Morgan fingerprint density at radius 2 is 1.81 bits per heavy atom. The average molecular weight is 611 g/mol. The monoisotopic (exact) mass is 610 g/mol. The van der Waals surface area contributed by atoms with Crippen LogP contribution in [0.25, 0.3) is 15.9 Å². The van der Waals surface area contributed by atoms with Gasteiger partial charge in [-0.15, -0.1) is 11.3 Å². The minimum absolute atomic E-state index is 0.0444. The average Bonchev–Trinajstić information content (AvgIpc) is 3.42. The maximum absolute atomic E-state index is 13.8. The molecule has 43 heavy (non-hydrogen) atoms. The van der Waals surface area contributed by atoms with Gasteiger partial charge >= 0.3 is 0 Å². The summed E-state index contributed by atoms with van der Waals surface area (Å²) in [6.45, 7) is 0.424. The summed E-state index contributed by atoms with van der Waals surface area (Å²) >= 11 is 2.82. The van der Waals surface area contributed by atoms with Crippen LogP contribution >= 0.6 is 23.1 Å². The van der Waals surface area contributed by atoms with Gasteiger partial charge in [0.1, 0.15) is 11.4 Å². The molecule has 0 unspecified atom stereocenters. The number of ether oxygens (including phenoxy) is 2. The Bertz CT molecular complexity index is 1840. The van der Waals surface area contributed by atoms with Crippen molar-refractivity contribution in [2.24, 2.45) is 5.10 Å². The highest BCUT2D eigenvalue weighted by molar-refractivity contribution is 7.99. The number of hydrazone groups is 1. The van der Waals surface area contributed by atoms with Crippen molar-refractivity contribution in [3.05, 3.63) is 111 Å². The topological polar surface area (TPSA) is 94.8 Å². The van der Waals surface area contributed by atoms with E-state index >= 15 is 0 Å². The number of amides is 1. The molecule has 0 spiro atoms. The summed E-state index contributed by atoms with van der Waals surface area (Å²) in [6.07, 6.45) is 5.66. The molecule has 6 rings (SSSR count). The number of aromatic nitrogens is 2. The summed E-state index contributed by atoms with van der Waals surface area (Å²) < 4.78 is 13.0. The van der Waals surface area contributed by atoms with Crippen molar-refractivity contribution in [3.63, 3.8) is 0 Å². The van der Waals surface area contributed by atoms with Crippen LogP contribution in [-0.2, 0) is 24.2 Å². The normalized spacial score (nSPS) is 12.8. The smallest absolute Gasteiger partial charge is 0.267 e. The molecule has 1 aliphatic rings. The minimum Gasteiger partial charge on any atom is -0.493 e. The lowest BCUT2D eigenvalue weighted by molar-refractivity contribution is -0.118. The summed E-state index contributed by atoms with van der Waals surface area (Å²) in [5.41, 5.74) is 6.16. The van der Waals surface area contributed by atoms with Crippen molar-refractivity contribution in [2.75, 3.05) is 12.9 Å². The van der Waals surface area contributed by atoms with Crippen LogP contribution in [0.15, 0.2) is 93.9 Å². The maximum atomic E-state index is 13.8. The van der Waals surface area contributed by atoms with E-state index in [-0.39, 0.29) is 17.2 Å². The maximum Gasteiger partial charge on any atom is 0.267 e. The molecule has 2 aromatic heterocycles. The predicted octanol–water partition coefficient (Wildman–Crippen LogP) is 6.16. The summed E-state index contributed by atoms with van der Waals surface area (Å²) in [6, 6.07) is 24.8. The molecule has 1 N–H and O–H groups in total. The van der Waals surface area contributed by atoms with Gasteiger partial charge in [-0.1, -0.05) is 60.3 Å². The standard InChI is InChI=1S/C33H30N4O4S2/c1-40-27-18-23(16-17-26(27)41-20-22-10-4-2-5-11-22)19-34-36-29(38)21-42-33-35-31-30(25-14-8-9-15-28(25)43-31)32(39)37(33)24-12-6-3-7-13-24/h2-7,10-13,16-19H,8-9,14-15,20-21H2,1H3,(H,36,38). The Balaban J connectivity index is 1.14. The molecule has 10 heteroatoms. The second kappa shape index (κ2) is 13.3. The zero-order chi connectivity index (χ0) is 29.6. The molecule has 0 radical (unpaired) electrons. The van der Waals surface area contributed by atoms with E-state index in [4.69, 9.17) is 14.5 Å². The van der Waals surface area contributed by atoms with Crippen molar-refractivity contribution in [1.29, 1.82) is 0 Å². The Morgan fingerprint density at radius 1 is 1.05 bits per heavy atom. The van der Waals surface area contributed by atoms with E-state index < -0.39 is 0 Å². The number of hydrogen-bond donors (Lipinski definition) is 1. The number of benzene rings is 3. The van der Waals surface area contributed by atoms with Gasteiger partial charge in [-0.2, -0.15) is 5.10 Å². The number of carbonyl (C=O) groups excluding carboxylic acids is 1. The number of aryl methyl sites for hydroxylation is 2. The number of thioether (sulfide) groups is 1. The van der Waals surface area contributed by atoms with Gasteiger partial charge in [-0.25, -0.2) is 10.4 Å². The number of nitrogens with zero attached hydrogens (tertiary/aromatic N) is 3. The number of fused-ring (bicyclic) bond motifs is 3. The highest BCUT2D eigenvalue weighted by atomic mass is 32.2. The summed E-state index contributed by atoms with van der Waals surface area (Å²) in [5.74, 6) is 0.917. The quantitative estimate of drug-likeness (QED) is 0.0882. The lowest BCUT2D eigenvalue weighted by Crippen LogP contribution is -2.24. The van der Waals surface area contributed by atoms with Crippen LogP contribution in [0.5, 0.6) is 11.5 Å². The van der Waals surface area contributed by atoms with Crippen molar-refractivity contribution in [3.8, 4) is 17.2 Å². The zero-order valence-electron chi connectivity index (χ0n) is 23.6. The molecule has 0 aliphatic heterocycles. The molecule has 1 amide bonds. The molecule has 0 saturated heterocycles. The van der Waals surface area contributed by atoms with Gasteiger partial charge in [0.05, 0.1) is 30.2 Å². The highest BCUT2D eigenvalue weighted by Crippen LogP contribution is 2.35. The lowest BCUT2D eigenvalue weighted by atomic mass is 9.97. The first kappa shape index (κ1) is 28.7. The molecule has 3 aromatic carbocycles. The number of rotatable bonds is 10. The molecule has 1 aliphatic carbocycles. The SMILES string of the molecule is COc1cc(C=NNC(=O)CSc2nc3sc4c(c3c(=O)n2-c2ccccc2)CCCC4)ccc1OCc1ccccc1. The van der Waals surface area contributed by atoms with E-state index in [2.05, 4.69) is 10.5 Å². The van der Waals surface area contributed by atoms with E-state index in [0.29, 0.717) is 28.6 Å². The first-order valence-corrected chi connectivity index (χ1v) is 15.8.